The van der Waals surface area contributed by atoms with E-state index < -0.39 is 0 Å². The lowest BCUT2D eigenvalue weighted by atomic mass is 10.1. The average molecular weight is 274 g/mol. The van der Waals surface area contributed by atoms with Crippen molar-refractivity contribution in [2.24, 2.45) is 0 Å². The zero-order valence-electron chi connectivity index (χ0n) is 11.6. The first-order chi connectivity index (χ1) is 9.69. The van der Waals surface area contributed by atoms with E-state index in [-0.39, 0.29) is 18.6 Å². The second-order valence-corrected chi connectivity index (χ2v) is 4.48. The molecule has 1 aromatic carbocycles. The fourth-order valence-corrected chi connectivity index (χ4v) is 1.87. The van der Waals surface area contributed by atoms with E-state index in [1.165, 1.54) is 7.11 Å². The SMILES string of the molecule is COCC(=O)Nc1cccc(NC(C)c2ccoc2)c1. The van der Waals surface area contributed by atoms with Crippen molar-refractivity contribution in [3.05, 3.63) is 48.4 Å². The predicted octanol–water partition coefficient (Wildman–Crippen LogP) is 3.04. The zero-order chi connectivity index (χ0) is 14.4. The molecule has 2 aromatic rings. The molecule has 5 nitrogen and oxygen atoms in total. The second-order valence-electron chi connectivity index (χ2n) is 4.48. The third-order valence-electron chi connectivity index (χ3n) is 2.85. The van der Waals surface area contributed by atoms with Crippen LogP contribution in [0.1, 0.15) is 18.5 Å². The number of furan rings is 1. The molecular weight excluding hydrogens is 256 g/mol. The Morgan fingerprint density at radius 2 is 2.15 bits per heavy atom. The lowest BCUT2D eigenvalue weighted by Crippen LogP contribution is -2.17. The second kappa shape index (κ2) is 6.77. The first-order valence-corrected chi connectivity index (χ1v) is 6.36. The van der Waals surface area contributed by atoms with Crippen molar-refractivity contribution in [3.63, 3.8) is 0 Å². The molecule has 0 saturated carbocycles. The molecule has 1 unspecified atom stereocenters. The number of methoxy groups -OCH3 is 1. The van der Waals surface area contributed by atoms with Gasteiger partial charge in [-0.05, 0) is 31.2 Å². The molecule has 106 valence electrons. The van der Waals surface area contributed by atoms with Crippen molar-refractivity contribution in [1.29, 1.82) is 0 Å². The number of anilines is 2. The van der Waals surface area contributed by atoms with Crippen LogP contribution in [0.4, 0.5) is 11.4 Å². The van der Waals surface area contributed by atoms with E-state index in [1.54, 1.807) is 12.5 Å². The van der Waals surface area contributed by atoms with Crippen LogP contribution in [-0.4, -0.2) is 19.6 Å². The zero-order valence-corrected chi connectivity index (χ0v) is 11.6. The molecule has 0 aliphatic rings. The van der Waals surface area contributed by atoms with Crippen LogP contribution in [0.2, 0.25) is 0 Å². The van der Waals surface area contributed by atoms with Crippen LogP contribution in [0.3, 0.4) is 0 Å². The fraction of sp³-hybridized carbons (Fsp3) is 0.267. The summed E-state index contributed by atoms with van der Waals surface area (Å²) in [5.41, 5.74) is 2.73. The van der Waals surface area contributed by atoms with Gasteiger partial charge in [0.25, 0.3) is 0 Å². The van der Waals surface area contributed by atoms with Crippen molar-refractivity contribution >= 4 is 17.3 Å². The van der Waals surface area contributed by atoms with Gasteiger partial charge in [0.05, 0.1) is 18.6 Å². The summed E-state index contributed by atoms with van der Waals surface area (Å²) in [5, 5.41) is 6.12. The van der Waals surface area contributed by atoms with Crippen molar-refractivity contribution in [3.8, 4) is 0 Å². The average Bonchev–Trinajstić information content (AvgIpc) is 2.93. The minimum absolute atomic E-state index is 0.0447. The number of hydrogen-bond acceptors (Lipinski definition) is 4. The predicted molar refractivity (Wildman–Crippen MR) is 77.7 cm³/mol. The minimum Gasteiger partial charge on any atom is -0.472 e. The summed E-state index contributed by atoms with van der Waals surface area (Å²) in [7, 11) is 1.49. The Morgan fingerprint density at radius 1 is 1.35 bits per heavy atom. The number of rotatable bonds is 6. The van der Waals surface area contributed by atoms with Gasteiger partial charge in [-0.15, -0.1) is 0 Å². The molecule has 1 amide bonds. The monoisotopic (exact) mass is 274 g/mol. The van der Waals surface area contributed by atoms with Gasteiger partial charge in [0.1, 0.15) is 6.61 Å². The molecule has 2 rings (SSSR count). The third-order valence-corrected chi connectivity index (χ3v) is 2.85. The molecule has 0 spiro atoms. The van der Waals surface area contributed by atoms with Crippen molar-refractivity contribution in [2.45, 2.75) is 13.0 Å². The van der Waals surface area contributed by atoms with Crippen LogP contribution < -0.4 is 10.6 Å². The number of carbonyl (C=O) groups is 1. The molecule has 0 bridgehead atoms. The number of ether oxygens (including phenoxy) is 1. The van der Waals surface area contributed by atoms with Gasteiger partial charge in [-0.1, -0.05) is 6.07 Å². The van der Waals surface area contributed by atoms with Crippen molar-refractivity contribution in [1.82, 2.24) is 0 Å². The first-order valence-electron chi connectivity index (χ1n) is 6.36. The molecule has 0 aliphatic carbocycles. The van der Waals surface area contributed by atoms with E-state index in [9.17, 15) is 4.79 Å². The molecule has 2 N–H and O–H groups in total. The molecule has 1 atom stereocenters. The topological polar surface area (TPSA) is 63.5 Å². The van der Waals surface area contributed by atoms with Gasteiger partial charge in [0.2, 0.25) is 5.91 Å². The number of nitrogens with one attached hydrogen (secondary N) is 2. The van der Waals surface area contributed by atoms with E-state index in [1.807, 2.05) is 37.3 Å². The van der Waals surface area contributed by atoms with E-state index in [0.29, 0.717) is 0 Å². The molecule has 5 heteroatoms. The summed E-state index contributed by atoms with van der Waals surface area (Å²) in [6, 6.07) is 9.58. The standard InChI is InChI=1S/C15H18N2O3/c1-11(12-6-7-20-9-12)16-13-4-3-5-14(8-13)17-15(18)10-19-2/h3-9,11,16H,10H2,1-2H3,(H,17,18). The maximum absolute atomic E-state index is 11.5. The van der Waals surface area contributed by atoms with Gasteiger partial charge < -0.3 is 19.8 Å². The van der Waals surface area contributed by atoms with Crippen LogP contribution >= 0.6 is 0 Å². The Morgan fingerprint density at radius 3 is 2.85 bits per heavy atom. The van der Waals surface area contributed by atoms with Gasteiger partial charge >= 0.3 is 0 Å². The molecule has 0 radical (unpaired) electrons. The molecule has 0 saturated heterocycles. The molecular formula is C15H18N2O3. The Hall–Kier alpha value is -2.27. The molecule has 0 fully saturated rings. The minimum atomic E-state index is -0.174. The maximum Gasteiger partial charge on any atom is 0.250 e. The maximum atomic E-state index is 11.5. The highest BCUT2D eigenvalue weighted by molar-refractivity contribution is 5.92. The summed E-state index contributed by atoms with van der Waals surface area (Å²) in [6.07, 6.45) is 3.36. The number of hydrogen-bond donors (Lipinski definition) is 2. The van der Waals surface area contributed by atoms with Crippen molar-refractivity contribution in [2.75, 3.05) is 24.4 Å². The largest absolute Gasteiger partial charge is 0.472 e. The van der Waals surface area contributed by atoms with Crippen LogP contribution in [0.15, 0.2) is 47.3 Å². The Kier molecular flexibility index (Phi) is 4.79. The van der Waals surface area contributed by atoms with Crippen LogP contribution in [-0.2, 0) is 9.53 Å². The Bertz CT molecular complexity index is 552. The van der Waals surface area contributed by atoms with E-state index >= 15 is 0 Å². The van der Waals surface area contributed by atoms with Crippen LogP contribution in [0.5, 0.6) is 0 Å². The van der Waals surface area contributed by atoms with Crippen LogP contribution in [0.25, 0.3) is 0 Å². The third kappa shape index (κ3) is 3.86. The highest BCUT2D eigenvalue weighted by Crippen LogP contribution is 2.21. The fourth-order valence-electron chi connectivity index (χ4n) is 1.87. The Balaban J connectivity index is 2.00. The van der Waals surface area contributed by atoms with Gasteiger partial charge in [-0.3, -0.25) is 4.79 Å². The van der Waals surface area contributed by atoms with E-state index in [0.717, 1.165) is 16.9 Å². The number of carbonyl (C=O) groups excluding carboxylic acids is 1. The highest BCUT2D eigenvalue weighted by atomic mass is 16.5. The highest BCUT2D eigenvalue weighted by Gasteiger charge is 2.07. The summed E-state index contributed by atoms with van der Waals surface area (Å²) in [5.74, 6) is -0.174. The first kappa shape index (κ1) is 14.1. The quantitative estimate of drug-likeness (QED) is 0.850. The van der Waals surface area contributed by atoms with Crippen LogP contribution in [0, 0.1) is 0 Å². The molecule has 1 heterocycles. The smallest absolute Gasteiger partial charge is 0.250 e. The lowest BCUT2D eigenvalue weighted by molar-refractivity contribution is -0.119. The Labute approximate surface area is 117 Å². The number of benzene rings is 1. The van der Waals surface area contributed by atoms with Gasteiger partial charge in [-0.2, -0.15) is 0 Å². The van der Waals surface area contributed by atoms with Crippen molar-refractivity contribution < 1.29 is 13.9 Å². The normalized spacial score (nSPS) is 11.9. The molecule has 20 heavy (non-hydrogen) atoms. The van der Waals surface area contributed by atoms with E-state index in [2.05, 4.69) is 10.6 Å². The van der Waals surface area contributed by atoms with Gasteiger partial charge in [0.15, 0.2) is 0 Å². The summed E-state index contributed by atoms with van der Waals surface area (Å²) >= 11 is 0. The van der Waals surface area contributed by atoms with Gasteiger partial charge in [0, 0.05) is 24.0 Å². The molecule has 0 aliphatic heterocycles. The summed E-state index contributed by atoms with van der Waals surface area (Å²) < 4.78 is 9.85. The van der Waals surface area contributed by atoms with E-state index in [4.69, 9.17) is 9.15 Å². The summed E-state index contributed by atoms with van der Waals surface area (Å²) in [6.45, 7) is 2.09. The molecule has 1 aromatic heterocycles. The van der Waals surface area contributed by atoms with Gasteiger partial charge in [-0.25, -0.2) is 0 Å². The summed E-state index contributed by atoms with van der Waals surface area (Å²) in [4.78, 5) is 11.5. The lowest BCUT2D eigenvalue weighted by Gasteiger charge is -2.14. The number of amides is 1.